The van der Waals surface area contributed by atoms with Crippen molar-refractivity contribution in [1.29, 1.82) is 0 Å². The molecule has 0 saturated carbocycles. The summed E-state index contributed by atoms with van der Waals surface area (Å²) in [6.07, 6.45) is 2.38. The summed E-state index contributed by atoms with van der Waals surface area (Å²) >= 11 is 6.01. The Balaban J connectivity index is 1.59. The van der Waals surface area contributed by atoms with Crippen molar-refractivity contribution in [2.24, 2.45) is 0 Å². The lowest BCUT2D eigenvalue weighted by Gasteiger charge is -2.15. The van der Waals surface area contributed by atoms with Gasteiger partial charge in [0.1, 0.15) is 0 Å². The SMILES string of the molecule is O=C(NCCCN1CCCC1=O)NCc1ccccc1Cl. The highest BCUT2D eigenvalue weighted by molar-refractivity contribution is 6.31. The van der Waals surface area contributed by atoms with Crippen LogP contribution in [0.25, 0.3) is 0 Å². The molecule has 0 unspecified atom stereocenters. The van der Waals surface area contributed by atoms with E-state index in [0.717, 1.165) is 24.9 Å². The molecule has 1 aliphatic rings. The number of likely N-dealkylation sites (tertiary alicyclic amines) is 1. The van der Waals surface area contributed by atoms with Gasteiger partial charge in [-0.15, -0.1) is 0 Å². The molecule has 1 aliphatic heterocycles. The van der Waals surface area contributed by atoms with E-state index in [1.165, 1.54) is 0 Å². The molecule has 0 aromatic heterocycles. The summed E-state index contributed by atoms with van der Waals surface area (Å²) in [6, 6.07) is 7.19. The van der Waals surface area contributed by atoms with Crippen molar-refractivity contribution in [3.8, 4) is 0 Å². The van der Waals surface area contributed by atoms with Crippen molar-refractivity contribution >= 4 is 23.5 Å². The number of rotatable bonds is 6. The Morgan fingerprint density at radius 1 is 1.29 bits per heavy atom. The summed E-state index contributed by atoms with van der Waals surface area (Å²) in [4.78, 5) is 24.9. The number of nitrogens with one attached hydrogen (secondary N) is 2. The fourth-order valence-electron chi connectivity index (χ4n) is 2.29. The first-order valence-corrected chi connectivity index (χ1v) is 7.57. The predicted octanol–water partition coefficient (Wildman–Crippen LogP) is 2.15. The third-order valence-corrected chi connectivity index (χ3v) is 3.83. The minimum Gasteiger partial charge on any atom is -0.343 e. The lowest BCUT2D eigenvalue weighted by atomic mass is 10.2. The lowest BCUT2D eigenvalue weighted by Crippen LogP contribution is -2.37. The van der Waals surface area contributed by atoms with Gasteiger partial charge in [0.05, 0.1) is 0 Å². The molecule has 0 spiro atoms. The van der Waals surface area contributed by atoms with Gasteiger partial charge in [-0.1, -0.05) is 29.8 Å². The van der Waals surface area contributed by atoms with E-state index < -0.39 is 0 Å². The summed E-state index contributed by atoms with van der Waals surface area (Å²) in [5.41, 5.74) is 0.886. The predicted molar refractivity (Wildman–Crippen MR) is 82.1 cm³/mol. The van der Waals surface area contributed by atoms with E-state index >= 15 is 0 Å². The molecule has 1 aromatic rings. The Morgan fingerprint density at radius 3 is 2.81 bits per heavy atom. The fraction of sp³-hybridized carbons (Fsp3) is 0.467. The third-order valence-electron chi connectivity index (χ3n) is 3.46. The van der Waals surface area contributed by atoms with Gasteiger partial charge in [0.2, 0.25) is 5.91 Å². The largest absolute Gasteiger partial charge is 0.343 e. The van der Waals surface area contributed by atoms with Crippen LogP contribution in [0.15, 0.2) is 24.3 Å². The van der Waals surface area contributed by atoms with E-state index in [1.807, 2.05) is 23.1 Å². The molecule has 1 fully saturated rings. The summed E-state index contributed by atoms with van der Waals surface area (Å²) in [5, 5.41) is 6.19. The Kier molecular flexibility index (Phi) is 5.87. The Bertz CT molecular complexity index is 507. The minimum atomic E-state index is -0.220. The fourth-order valence-corrected chi connectivity index (χ4v) is 2.49. The topological polar surface area (TPSA) is 61.4 Å². The maximum Gasteiger partial charge on any atom is 0.315 e. The lowest BCUT2D eigenvalue weighted by molar-refractivity contribution is -0.127. The van der Waals surface area contributed by atoms with Gasteiger partial charge in [-0.25, -0.2) is 4.79 Å². The van der Waals surface area contributed by atoms with Crippen molar-refractivity contribution in [1.82, 2.24) is 15.5 Å². The molecule has 0 bridgehead atoms. The normalized spacial score (nSPS) is 14.3. The van der Waals surface area contributed by atoms with Crippen molar-refractivity contribution in [2.45, 2.75) is 25.8 Å². The quantitative estimate of drug-likeness (QED) is 0.791. The van der Waals surface area contributed by atoms with Gasteiger partial charge in [-0.05, 0) is 24.5 Å². The molecule has 1 aromatic carbocycles. The van der Waals surface area contributed by atoms with E-state index in [1.54, 1.807) is 6.07 Å². The molecule has 0 aliphatic carbocycles. The zero-order valence-electron chi connectivity index (χ0n) is 11.9. The average Bonchev–Trinajstić information content (AvgIpc) is 2.88. The summed E-state index contributed by atoms with van der Waals surface area (Å²) in [6.45, 7) is 2.51. The van der Waals surface area contributed by atoms with Gasteiger partial charge >= 0.3 is 6.03 Å². The number of hydrogen-bond acceptors (Lipinski definition) is 2. The van der Waals surface area contributed by atoms with Gasteiger partial charge in [0.25, 0.3) is 0 Å². The van der Waals surface area contributed by atoms with Crippen LogP contribution in [0, 0.1) is 0 Å². The highest BCUT2D eigenvalue weighted by Crippen LogP contribution is 2.14. The van der Waals surface area contributed by atoms with Gasteiger partial charge in [-0.2, -0.15) is 0 Å². The molecule has 1 heterocycles. The van der Waals surface area contributed by atoms with Crippen LogP contribution < -0.4 is 10.6 Å². The molecule has 2 N–H and O–H groups in total. The van der Waals surface area contributed by atoms with Gasteiger partial charge in [0, 0.05) is 37.6 Å². The minimum absolute atomic E-state index is 0.220. The zero-order valence-corrected chi connectivity index (χ0v) is 12.7. The maximum atomic E-state index is 11.6. The molecule has 114 valence electrons. The van der Waals surface area contributed by atoms with Crippen LogP contribution in [0.4, 0.5) is 4.79 Å². The average molecular weight is 310 g/mol. The smallest absolute Gasteiger partial charge is 0.315 e. The zero-order chi connectivity index (χ0) is 15.1. The molecular weight excluding hydrogens is 290 g/mol. The van der Waals surface area contributed by atoms with Crippen LogP contribution in [0.3, 0.4) is 0 Å². The molecule has 1 saturated heterocycles. The molecule has 0 atom stereocenters. The van der Waals surface area contributed by atoms with Crippen molar-refractivity contribution in [3.63, 3.8) is 0 Å². The van der Waals surface area contributed by atoms with Gasteiger partial charge in [0.15, 0.2) is 0 Å². The Morgan fingerprint density at radius 2 is 2.10 bits per heavy atom. The monoisotopic (exact) mass is 309 g/mol. The molecule has 0 radical (unpaired) electrons. The molecule has 5 nitrogen and oxygen atoms in total. The van der Waals surface area contributed by atoms with Crippen LogP contribution >= 0.6 is 11.6 Å². The van der Waals surface area contributed by atoms with Crippen LogP contribution in [-0.4, -0.2) is 36.5 Å². The Labute approximate surface area is 129 Å². The third kappa shape index (κ3) is 4.93. The maximum absolute atomic E-state index is 11.6. The van der Waals surface area contributed by atoms with Gasteiger partial charge < -0.3 is 15.5 Å². The van der Waals surface area contributed by atoms with Crippen molar-refractivity contribution in [3.05, 3.63) is 34.9 Å². The number of urea groups is 1. The molecule has 3 amide bonds. The van der Waals surface area contributed by atoms with E-state index in [-0.39, 0.29) is 11.9 Å². The highest BCUT2D eigenvalue weighted by Gasteiger charge is 2.18. The van der Waals surface area contributed by atoms with Crippen LogP contribution in [0.2, 0.25) is 5.02 Å². The molecular formula is C15H20ClN3O2. The first kappa shape index (κ1) is 15.6. The van der Waals surface area contributed by atoms with Crippen molar-refractivity contribution in [2.75, 3.05) is 19.6 Å². The number of hydrogen-bond donors (Lipinski definition) is 2. The van der Waals surface area contributed by atoms with Crippen molar-refractivity contribution < 1.29 is 9.59 Å². The summed E-state index contributed by atoms with van der Waals surface area (Å²) in [7, 11) is 0. The first-order chi connectivity index (χ1) is 10.2. The summed E-state index contributed by atoms with van der Waals surface area (Å²) in [5.74, 6) is 0.221. The number of amides is 3. The molecule has 2 rings (SSSR count). The van der Waals surface area contributed by atoms with Gasteiger partial charge in [-0.3, -0.25) is 4.79 Å². The standard InChI is InChI=1S/C15H20ClN3O2/c16-13-6-2-1-5-12(13)11-18-15(21)17-8-4-10-19-9-3-7-14(19)20/h1-2,5-6H,3-4,7-11H2,(H2,17,18,21). The van der Waals surface area contributed by atoms with Crippen LogP contribution in [-0.2, 0) is 11.3 Å². The highest BCUT2D eigenvalue weighted by atomic mass is 35.5. The van der Waals surface area contributed by atoms with Crippen LogP contribution in [0.1, 0.15) is 24.8 Å². The molecule has 21 heavy (non-hydrogen) atoms. The Hall–Kier alpha value is -1.75. The summed E-state index contributed by atoms with van der Waals surface area (Å²) < 4.78 is 0. The second kappa shape index (κ2) is 7.88. The van der Waals surface area contributed by atoms with E-state index in [4.69, 9.17) is 11.6 Å². The number of halogens is 1. The number of benzene rings is 1. The van der Waals surface area contributed by atoms with E-state index in [0.29, 0.717) is 31.1 Å². The molecule has 6 heteroatoms. The second-order valence-electron chi connectivity index (χ2n) is 5.04. The van der Waals surface area contributed by atoms with Crippen LogP contribution in [0.5, 0.6) is 0 Å². The number of carbonyl (C=O) groups excluding carboxylic acids is 2. The number of nitrogens with zero attached hydrogens (tertiary/aromatic N) is 1. The first-order valence-electron chi connectivity index (χ1n) is 7.19. The number of carbonyl (C=O) groups is 2. The van der Waals surface area contributed by atoms with E-state index in [2.05, 4.69) is 10.6 Å². The van der Waals surface area contributed by atoms with E-state index in [9.17, 15) is 9.59 Å². The second-order valence-corrected chi connectivity index (χ2v) is 5.45.